The molecule has 122 valence electrons. The fraction of sp³-hybridized carbons (Fsp3) is 0. The molecule has 0 amide bonds. The molecule has 0 unspecified atom stereocenters. The van der Waals surface area contributed by atoms with Crippen LogP contribution in [0.25, 0.3) is 21.9 Å². The number of sulfonamides is 1. The van der Waals surface area contributed by atoms with Crippen molar-refractivity contribution in [3.05, 3.63) is 47.7 Å². The summed E-state index contributed by atoms with van der Waals surface area (Å²) in [6, 6.07) is 6.97. The molecule has 3 aromatic rings. The van der Waals surface area contributed by atoms with Gasteiger partial charge >= 0.3 is 0 Å². The van der Waals surface area contributed by atoms with Crippen LogP contribution in [0.15, 0.2) is 36.5 Å². The molecule has 1 aliphatic heterocycles. The van der Waals surface area contributed by atoms with E-state index in [1.54, 1.807) is 6.20 Å². The molecule has 0 saturated carbocycles. The summed E-state index contributed by atoms with van der Waals surface area (Å²) >= 11 is 0. The molecular weight excluding hydrogens is 332 g/mol. The van der Waals surface area contributed by atoms with Gasteiger partial charge in [0.15, 0.2) is 11.5 Å². The summed E-state index contributed by atoms with van der Waals surface area (Å²) in [5, 5.41) is 29.4. The number of rotatable bonds is 1. The third-order valence-corrected chi connectivity index (χ3v) is 5.30. The zero-order valence-corrected chi connectivity index (χ0v) is 12.9. The molecule has 0 radical (unpaired) electrons. The highest BCUT2D eigenvalue weighted by atomic mass is 32.2. The Morgan fingerprint density at radius 2 is 1.75 bits per heavy atom. The first-order valence-electron chi connectivity index (χ1n) is 6.96. The molecule has 5 N–H and O–H groups in total. The summed E-state index contributed by atoms with van der Waals surface area (Å²) in [4.78, 5) is 2.93. The van der Waals surface area contributed by atoms with Crippen molar-refractivity contribution < 1.29 is 23.7 Å². The van der Waals surface area contributed by atoms with Gasteiger partial charge in [0, 0.05) is 34.3 Å². The van der Waals surface area contributed by atoms with Crippen LogP contribution in [0, 0.1) is 0 Å². The molecule has 8 heteroatoms. The average molecular weight is 344 g/mol. The number of hydrogen-bond donors (Lipinski definition) is 5. The molecular formula is C16H12N2O5S. The van der Waals surface area contributed by atoms with Crippen molar-refractivity contribution in [2.75, 3.05) is 4.72 Å². The van der Waals surface area contributed by atoms with E-state index in [4.69, 9.17) is 0 Å². The second-order valence-electron chi connectivity index (χ2n) is 5.47. The number of hydrogen-bond acceptors (Lipinski definition) is 5. The van der Waals surface area contributed by atoms with Crippen molar-refractivity contribution in [2.45, 2.75) is 0 Å². The molecule has 7 nitrogen and oxygen atoms in total. The number of phenols is 3. The fourth-order valence-corrected chi connectivity index (χ4v) is 4.07. The second kappa shape index (κ2) is 4.68. The Morgan fingerprint density at radius 3 is 2.54 bits per heavy atom. The van der Waals surface area contributed by atoms with Crippen molar-refractivity contribution in [2.24, 2.45) is 0 Å². The summed E-state index contributed by atoms with van der Waals surface area (Å²) in [5.41, 5.74) is 1.83. The first kappa shape index (κ1) is 14.5. The van der Waals surface area contributed by atoms with Gasteiger partial charge in [0.25, 0.3) is 10.0 Å². The van der Waals surface area contributed by atoms with Gasteiger partial charge in [-0.25, -0.2) is 8.42 Å². The van der Waals surface area contributed by atoms with E-state index in [0.29, 0.717) is 27.7 Å². The first-order valence-corrected chi connectivity index (χ1v) is 8.44. The molecule has 2 aromatic carbocycles. The number of anilines is 1. The minimum atomic E-state index is -3.75. The van der Waals surface area contributed by atoms with Crippen LogP contribution in [-0.2, 0) is 10.0 Å². The Labute approximate surface area is 136 Å². The Bertz CT molecular complexity index is 1130. The lowest BCUT2D eigenvalue weighted by Gasteiger charge is -2.01. The van der Waals surface area contributed by atoms with E-state index in [2.05, 4.69) is 9.71 Å². The van der Waals surface area contributed by atoms with Crippen molar-refractivity contribution in [1.82, 2.24) is 4.98 Å². The lowest BCUT2D eigenvalue weighted by atomic mass is 10.1. The summed E-state index contributed by atoms with van der Waals surface area (Å²) in [6.07, 6.45) is 3.02. The zero-order chi connectivity index (χ0) is 17.1. The highest BCUT2D eigenvalue weighted by Crippen LogP contribution is 2.41. The number of H-pyrrole nitrogens is 1. The van der Waals surface area contributed by atoms with Crippen molar-refractivity contribution in [3.63, 3.8) is 0 Å². The van der Waals surface area contributed by atoms with Crippen LogP contribution in [0.2, 0.25) is 0 Å². The van der Waals surface area contributed by atoms with Gasteiger partial charge in [-0.2, -0.15) is 0 Å². The lowest BCUT2D eigenvalue weighted by molar-refractivity contribution is 0.405. The summed E-state index contributed by atoms with van der Waals surface area (Å²) in [6.45, 7) is 0. The number of aromatic hydroxyl groups is 3. The van der Waals surface area contributed by atoms with E-state index in [-0.39, 0.29) is 22.2 Å². The van der Waals surface area contributed by atoms with E-state index < -0.39 is 10.0 Å². The van der Waals surface area contributed by atoms with E-state index in [0.717, 1.165) is 0 Å². The van der Waals surface area contributed by atoms with Crippen molar-refractivity contribution in [1.29, 1.82) is 0 Å². The molecule has 0 saturated heterocycles. The Kier molecular flexibility index (Phi) is 2.82. The van der Waals surface area contributed by atoms with E-state index in [1.807, 2.05) is 0 Å². The highest BCUT2D eigenvalue weighted by Gasteiger charge is 2.30. The molecule has 2 heterocycles. The molecule has 24 heavy (non-hydrogen) atoms. The highest BCUT2D eigenvalue weighted by molar-refractivity contribution is 8.02. The lowest BCUT2D eigenvalue weighted by Crippen LogP contribution is -2.05. The van der Waals surface area contributed by atoms with Gasteiger partial charge in [0.1, 0.15) is 5.75 Å². The predicted octanol–water partition coefficient (Wildman–Crippen LogP) is 2.54. The Balaban J connectivity index is 1.96. The fourth-order valence-electron chi connectivity index (χ4n) is 2.75. The first-order chi connectivity index (χ1) is 11.3. The van der Waals surface area contributed by atoms with Gasteiger partial charge in [-0.1, -0.05) is 0 Å². The number of aromatic nitrogens is 1. The average Bonchev–Trinajstić information content (AvgIpc) is 2.99. The minimum Gasteiger partial charge on any atom is -0.508 e. The molecule has 0 spiro atoms. The molecule has 4 rings (SSSR count). The smallest absolute Gasteiger partial charge is 0.262 e. The van der Waals surface area contributed by atoms with E-state index in [9.17, 15) is 23.7 Å². The monoisotopic (exact) mass is 344 g/mol. The van der Waals surface area contributed by atoms with Crippen LogP contribution < -0.4 is 4.72 Å². The van der Waals surface area contributed by atoms with Crippen LogP contribution in [0.5, 0.6) is 17.2 Å². The van der Waals surface area contributed by atoms with Crippen LogP contribution in [-0.4, -0.2) is 28.7 Å². The van der Waals surface area contributed by atoms with Gasteiger partial charge in [0.05, 0.1) is 10.6 Å². The quantitative estimate of drug-likeness (QED) is 0.343. The number of phenolic OH excluding ortho intramolecular Hbond substituents is 3. The maximum Gasteiger partial charge on any atom is 0.262 e. The van der Waals surface area contributed by atoms with Gasteiger partial charge in [-0.3, -0.25) is 4.72 Å². The number of fused-ring (bicyclic) bond motifs is 2. The van der Waals surface area contributed by atoms with Gasteiger partial charge in [-0.15, -0.1) is 0 Å². The van der Waals surface area contributed by atoms with Gasteiger partial charge in [-0.05, 0) is 30.3 Å². The molecule has 0 bridgehead atoms. The van der Waals surface area contributed by atoms with Crippen molar-refractivity contribution in [3.8, 4) is 17.2 Å². The molecule has 0 aliphatic carbocycles. The van der Waals surface area contributed by atoms with Gasteiger partial charge < -0.3 is 20.3 Å². The number of aromatic amines is 1. The SMILES string of the molecule is O=S1(=O)Nc2ccc(O)cc2C1=Cc1c[nH]c2cc(O)c(O)cc12. The van der Waals surface area contributed by atoms with Crippen LogP contribution in [0.4, 0.5) is 5.69 Å². The Morgan fingerprint density at radius 1 is 1.00 bits per heavy atom. The standard InChI is InChI=1S/C16H12N2O5S/c19-9-1-2-12-11(4-9)16(24(22,23)18-12)3-8-7-17-13-6-15(21)14(20)5-10(8)13/h1-7,17-21H. The molecule has 1 aliphatic rings. The number of benzene rings is 2. The van der Waals surface area contributed by atoms with Gasteiger partial charge in [0.2, 0.25) is 0 Å². The predicted molar refractivity (Wildman–Crippen MR) is 90.1 cm³/mol. The van der Waals surface area contributed by atoms with E-state index in [1.165, 1.54) is 36.4 Å². The second-order valence-corrected chi connectivity index (χ2v) is 7.13. The minimum absolute atomic E-state index is 0.0156. The zero-order valence-electron chi connectivity index (χ0n) is 12.1. The molecule has 0 atom stereocenters. The van der Waals surface area contributed by atoms with E-state index >= 15 is 0 Å². The summed E-state index contributed by atoms with van der Waals surface area (Å²) in [7, 11) is -3.75. The molecule has 1 aromatic heterocycles. The topological polar surface area (TPSA) is 123 Å². The largest absolute Gasteiger partial charge is 0.508 e. The maximum absolute atomic E-state index is 12.4. The normalized spacial score (nSPS) is 17.1. The maximum atomic E-state index is 12.4. The van der Waals surface area contributed by atoms with Crippen molar-refractivity contribution >= 4 is 37.6 Å². The van der Waals surface area contributed by atoms with Crippen LogP contribution in [0.3, 0.4) is 0 Å². The third-order valence-electron chi connectivity index (χ3n) is 3.90. The Hall–Kier alpha value is -3.13. The summed E-state index contributed by atoms with van der Waals surface area (Å²) in [5.74, 6) is -0.610. The third kappa shape index (κ3) is 2.08. The van der Waals surface area contributed by atoms with Crippen LogP contribution >= 0.6 is 0 Å². The summed E-state index contributed by atoms with van der Waals surface area (Å²) < 4.78 is 27.1. The number of nitrogens with one attached hydrogen (secondary N) is 2. The molecule has 0 fully saturated rings. The van der Waals surface area contributed by atoms with Crippen LogP contribution in [0.1, 0.15) is 11.1 Å².